The Kier molecular flexibility index (Phi) is 7.72. The van der Waals surface area contributed by atoms with Gasteiger partial charge in [-0.3, -0.25) is 0 Å². The lowest BCUT2D eigenvalue weighted by Gasteiger charge is -2.33. The second-order valence-electron chi connectivity index (χ2n) is 6.99. The van der Waals surface area contributed by atoms with Crippen LogP contribution in [-0.4, -0.2) is 31.1 Å². The lowest BCUT2D eigenvalue weighted by Crippen LogP contribution is -2.42. The summed E-state index contributed by atoms with van der Waals surface area (Å²) < 4.78 is 0. The minimum absolute atomic E-state index is 0.292. The molecular weight excluding hydrogens is 280 g/mol. The van der Waals surface area contributed by atoms with Crippen molar-refractivity contribution in [3.63, 3.8) is 0 Å². The van der Waals surface area contributed by atoms with Crippen LogP contribution in [0.1, 0.15) is 46.1 Å². The molecule has 0 aromatic heterocycles. The molecule has 0 saturated heterocycles. The van der Waals surface area contributed by atoms with Crippen LogP contribution in [0.4, 0.5) is 0 Å². The van der Waals surface area contributed by atoms with E-state index in [1.54, 1.807) is 0 Å². The summed E-state index contributed by atoms with van der Waals surface area (Å²) in [6.07, 6.45) is 2.34. The Bertz CT molecular complexity index is 412. The molecule has 0 aliphatic heterocycles. The molecule has 21 heavy (non-hydrogen) atoms. The van der Waals surface area contributed by atoms with E-state index in [1.807, 2.05) is 12.1 Å². The lowest BCUT2D eigenvalue weighted by atomic mass is 9.84. The molecule has 120 valence electrons. The van der Waals surface area contributed by atoms with E-state index < -0.39 is 0 Å². The highest BCUT2D eigenvalue weighted by atomic mass is 35.5. The smallest absolute Gasteiger partial charge is 0.0451 e. The highest BCUT2D eigenvalue weighted by molar-refractivity contribution is 6.31. The summed E-state index contributed by atoms with van der Waals surface area (Å²) in [5, 5.41) is 4.55. The fourth-order valence-electron chi connectivity index (χ4n) is 2.51. The number of rotatable bonds is 8. The van der Waals surface area contributed by atoms with Gasteiger partial charge in [0.1, 0.15) is 0 Å². The normalized spacial score (nSPS) is 13.7. The minimum atomic E-state index is 0.292. The Morgan fingerprint density at radius 2 is 1.90 bits per heavy atom. The molecule has 0 heterocycles. The van der Waals surface area contributed by atoms with Crippen molar-refractivity contribution in [3.8, 4) is 0 Å². The molecule has 1 atom stereocenters. The summed E-state index contributed by atoms with van der Waals surface area (Å²) in [6.45, 7) is 12.2. The summed E-state index contributed by atoms with van der Waals surface area (Å²) in [4.78, 5) is 2.35. The average Bonchev–Trinajstić information content (AvgIpc) is 2.40. The molecule has 0 amide bonds. The van der Waals surface area contributed by atoms with Gasteiger partial charge in [0.25, 0.3) is 0 Å². The highest BCUT2D eigenvalue weighted by Gasteiger charge is 2.23. The average molecular weight is 311 g/mol. The SMILES string of the molecule is CCCNC(CCN(C)Cc1ccccc1Cl)C(C)(C)C. The standard InChI is InChI=1S/C18H31ClN2/c1-6-12-20-17(18(2,3)4)11-13-21(5)14-15-9-7-8-10-16(15)19/h7-10,17,20H,6,11-14H2,1-5H3. The van der Waals surface area contributed by atoms with E-state index in [4.69, 9.17) is 11.6 Å². The van der Waals surface area contributed by atoms with Crippen LogP contribution < -0.4 is 5.32 Å². The highest BCUT2D eigenvalue weighted by Crippen LogP contribution is 2.23. The number of nitrogens with one attached hydrogen (secondary N) is 1. The molecule has 0 fully saturated rings. The van der Waals surface area contributed by atoms with E-state index in [0.29, 0.717) is 11.5 Å². The fourth-order valence-corrected chi connectivity index (χ4v) is 2.70. The monoisotopic (exact) mass is 310 g/mol. The van der Waals surface area contributed by atoms with Gasteiger partial charge < -0.3 is 10.2 Å². The number of halogens is 1. The number of nitrogens with zero attached hydrogens (tertiary/aromatic N) is 1. The van der Waals surface area contributed by atoms with Crippen molar-refractivity contribution in [2.45, 2.75) is 53.1 Å². The van der Waals surface area contributed by atoms with Crippen molar-refractivity contribution in [3.05, 3.63) is 34.9 Å². The quantitative estimate of drug-likeness (QED) is 0.756. The molecule has 1 aromatic carbocycles. The third-order valence-corrected chi connectivity index (χ3v) is 4.25. The maximum atomic E-state index is 6.23. The molecule has 1 unspecified atom stereocenters. The maximum Gasteiger partial charge on any atom is 0.0451 e. The summed E-state index contributed by atoms with van der Waals surface area (Å²) in [5.74, 6) is 0. The topological polar surface area (TPSA) is 15.3 Å². The first kappa shape index (κ1) is 18.5. The van der Waals surface area contributed by atoms with Crippen molar-refractivity contribution in [2.24, 2.45) is 5.41 Å². The Balaban J connectivity index is 2.49. The summed E-state index contributed by atoms with van der Waals surface area (Å²) in [7, 11) is 2.17. The summed E-state index contributed by atoms with van der Waals surface area (Å²) in [5.41, 5.74) is 1.50. The molecular formula is C18H31ClN2. The molecule has 1 N–H and O–H groups in total. The second-order valence-corrected chi connectivity index (χ2v) is 7.40. The number of hydrogen-bond acceptors (Lipinski definition) is 2. The maximum absolute atomic E-state index is 6.23. The molecule has 2 nitrogen and oxygen atoms in total. The zero-order valence-corrected chi connectivity index (χ0v) is 15.0. The predicted molar refractivity (Wildman–Crippen MR) is 93.9 cm³/mol. The van der Waals surface area contributed by atoms with E-state index in [9.17, 15) is 0 Å². The van der Waals surface area contributed by atoms with Gasteiger partial charge in [-0.1, -0.05) is 57.5 Å². The van der Waals surface area contributed by atoms with Gasteiger partial charge in [-0.05, 0) is 50.0 Å². The third kappa shape index (κ3) is 6.82. The second kappa shape index (κ2) is 8.77. The Morgan fingerprint density at radius 1 is 1.24 bits per heavy atom. The van der Waals surface area contributed by atoms with Gasteiger partial charge in [0.05, 0.1) is 0 Å². The van der Waals surface area contributed by atoms with E-state index >= 15 is 0 Å². The van der Waals surface area contributed by atoms with Gasteiger partial charge >= 0.3 is 0 Å². The van der Waals surface area contributed by atoms with Crippen LogP contribution in [0.2, 0.25) is 5.02 Å². The first-order valence-corrected chi connectivity index (χ1v) is 8.37. The van der Waals surface area contributed by atoms with Gasteiger partial charge in [-0.25, -0.2) is 0 Å². The van der Waals surface area contributed by atoms with Crippen molar-refractivity contribution < 1.29 is 0 Å². The molecule has 0 aliphatic carbocycles. The van der Waals surface area contributed by atoms with Crippen LogP contribution in [0.25, 0.3) is 0 Å². The third-order valence-electron chi connectivity index (χ3n) is 3.88. The molecule has 1 aromatic rings. The first-order chi connectivity index (χ1) is 9.84. The van der Waals surface area contributed by atoms with E-state index in [2.05, 4.69) is 57.1 Å². The first-order valence-electron chi connectivity index (χ1n) is 8.00. The Labute approximate surface area is 135 Å². The zero-order chi connectivity index (χ0) is 15.9. The number of benzene rings is 1. The van der Waals surface area contributed by atoms with E-state index in [0.717, 1.165) is 31.1 Å². The molecule has 1 rings (SSSR count). The van der Waals surface area contributed by atoms with Crippen LogP contribution in [0.15, 0.2) is 24.3 Å². The molecule has 0 spiro atoms. The molecule has 0 aliphatic rings. The van der Waals surface area contributed by atoms with Gasteiger partial charge in [0, 0.05) is 17.6 Å². The minimum Gasteiger partial charge on any atom is -0.313 e. The zero-order valence-electron chi connectivity index (χ0n) is 14.2. The van der Waals surface area contributed by atoms with Crippen LogP contribution in [0, 0.1) is 5.41 Å². The van der Waals surface area contributed by atoms with Gasteiger partial charge in [-0.2, -0.15) is 0 Å². The van der Waals surface area contributed by atoms with Crippen LogP contribution in [0.5, 0.6) is 0 Å². The van der Waals surface area contributed by atoms with Crippen molar-refractivity contribution in [2.75, 3.05) is 20.1 Å². The summed E-state index contributed by atoms with van der Waals surface area (Å²) in [6, 6.07) is 8.65. The van der Waals surface area contributed by atoms with Gasteiger partial charge in [-0.15, -0.1) is 0 Å². The van der Waals surface area contributed by atoms with E-state index in [1.165, 1.54) is 12.0 Å². The van der Waals surface area contributed by atoms with Gasteiger partial charge in [0.2, 0.25) is 0 Å². The molecule has 0 saturated carbocycles. The van der Waals surface area contributed by atoms with Crippen molar-refractivity contribution >= 4 is 11.6 Å². The molecule has 3 heteroatoms. The van der Waals surface area contributed by atoms with Gasteiger partial charge in [0.15, 0.2) is 0 Å². The molecule has 0 radical (unpaired) electrons. The predicted octanol–water partition coefficient (Wildman–Crippen LogP) is 4.58. The lowest BCUT2D eigenvalue weighted by molar-refractivity contribution is 0.219. The summed E-state index contributed by atoms with van der Waals surface area (Å²) >= 11 is 6.23. The molecule has 0 bridgehead atoms. The Morgan fingerprint density at radius 3 is 2.48 bits per heavy atom. The van der Waals surface area contributed by atoms with Crippen LogP contribution in [-0.2, 0) is 6.54 Å². The van der Waals surface area contributed by atoms with Crippen LogP contribution in [0.3, 0.4) is 0 Å². The number of hydrogen-bond donors (Lipinski definition) is 1. The van der Waals surface area contributed by atoms with E-state index in [-0.39, 0.29) is 0 Å². The van der Waals surface area contributed by atoms with Crippen LogP contribution >= 0.6 is 11.6 Å². The van der Waals surface area contributed by atoms with Crippen molar-refractivity contribution in [1.29, 1.82) is 0 Å². The largest absolute Gasteiger partial charge is 0.313 e. The Hall–Kier alpha value is -0.570. The fraction of sp³-hybridized carbons (Fsp3) is 0.667. The van der Waals surface area contributed by atoms with Crippen molar-refractivity contribution in [1.82, 2.24) is 10.2 Å².